The highest BCUT2D eigenvalue weighted by Crippen LogP contribution is 2.34. The molecule has 0 unspecified atom stereocenters. The number of benzene rings is 1. The average molecular weight is 265 g/mol. The van der Waals surface area contributed by atoms with E-state index in [0.717, 1.165) is 24.2 Å². The van der Waals surface area contributed by atoms with Crippen LogP contribution in [0.15, 0.2) is 22.7 Å². The fraction of sp³-hybridized carbons (Fsp3) is 0.385. The first kappa shape index (κ1) is 11.5. The number of aromatic hydroxyl groups is 1. The zero-order valence-corrected chi connectivity index (χ0v) is 10.5. The SMILES string of the molecule is Oc1ccc(-c2nc(C3CCCC3)no2)cc1Cl. The van der Waals surface area contributed by atoms with Gasteiger partial charge in [0.15, 0.2) is 5.82 Å². The summed E-state index contributed by atoms with van der Waals surface area (Å²) >= 11 is 5.86. The topological polar surface area (TPSA) is 59.2 Å². The second-order valence-electron chi connectivity index (χ2n) is 4.61. The molecule has 0 saturated heterocycles. The van der Waals surface area contributed by atoms with E-state index in [9.17, 15) is 5.11 Å². The molecule has 0 radical (unpaired) electrons. The number of halogens is 1. The quantitative estimate of drug-likeness (QED) is 0.897. The fourth-order valence-corrected chi connectivity index (χ4v) is 2.52. The van der Waals surface area contributed by atoms with E-state index in [0.29, 0.717) is 11.8 Å². The van der Waals surface area contributed by atoms with E-state index in [1.807, 2.05) is 0 Å². The third kappa shape index (κ3) is 2.08. The molecule has 1 aromatic heterocycles. The van der Waals surface area contributed by atoms with Gasteiger partial charge in [0.25, 0.3) is 5.89 Å². The molecule has 0 aliphatic heterocycles. The summed E-state index contributed by atoms with van der Waals surface area (Å²) in [6, 6.07) is 4.87. The Kier molecular flexibility index (Phi) is 2.96. The number of nitrogens with zero attached hydrogens (tertiary/aromatic N) is 2. The second kappa shape index (κ2) is 4.61. The van der Waals surface area contributed by atoms with Crippen molar-refractivity contribution in [2.75, 3.05) is 0 Å². The van der Waals surface area contributed by atoms with Gasteiger partial charge < -0.3 is 9.63 Å². The van der Waals surface area contributed by atoms with Crippen LogP contribution in [-0.4, -0.2) is 15.2 Å². The van der Waals surface area contributed by atoms with Crippen molar-refractivity contribution in [3.8, 4) is 17.2 Å². The van der Waals surface area contributed by atoms with Gasteiger partial charge in [0.2, 0.25) is 0 Å². The molecular weight excluding hydrogens is 252 g/mol. The van der Waals surface area contributed by atoms with Crippen molar-refractivity contribution in [3.63, 3.8) is 0 Å². The minimum atomic E-state index is 0.0518. The zero-order valence-electron chi connectivity index (χ0n) is 9.77. The predicted molar refractivity (Wildman–Crippen MR) is 67.6 cm³/mol. The van der Waals surface area contributed by atoms with Gasteiger partial charge in [-0.2, -0.15) is 4.98 Å². The van der Waals surface area contributed by atoms with Gasteiger partial charge in [0.1, 0.15) is 5.75 Å². The lowest BCUT2D eigenvalue weighted by Crippen LogP contribution is -1.94. The zero-order chi connectivity index (χ0) is 12.5. The Morgan fingerprint density at radius 2 is 2.06 bits per heavy atom. The summed E-state index contributed by atoms with van der Waals surface area (Å²) in [7, 11) is 0. The molecule has 18 heavy (non-hydrogen) atoms. The lowest BCUT2D eigenvalue weighted by molar-refractivity contribution is 0.415. The number of rotatable bonds is 2. The predicted octanol–water partition coefficient (Wildman–Crippen LogP) is 3.75. The summed E-state index contributed by atoms with van der Waals surface area (Å²) in [6.07, 6.45) is 4.74. The van der Waals surface area contributed by atoms with Gasteiger partial charge in [-0.25, -0.2) is 0 Å². The highest BCUT2D eigenvalue weighted by atomic mass is 35.5. The molecule has 3 rings (SSSR count). The van der Waals surface area contributed by atoms with Crippen LogP contribution in [-0.2, 0) is 0 Å². The van der Waals surface area contributed by atoms with E-state index >= 15 is 0 Å². The Labute approximate surface area is 110 Å². The first-order chi connectivity index (χ1) is 8.74. The third-order valence-corrected chi connectivity index (χ3v) is 3.66. The summed E-state index contributed by atoms with van der Waals surface area (Å²) in [4.78, 5) is 4.42. The van der Waals surface area contributed by atoms with Crippen molar-refractivity contribution in [2.24, 2.45) is 0 Å². The molecule has 1 fully saturated rings. The highest BCUT2D eigenvalue weighted by molar-refractivity contribution is 6.32. The molecule has 1 heterocycles. The summed E-state index contributed by atoms with van der Waals surface area (Å²) in [5.41, 5.74) is 0.731. The van der Waals surface area contributed by atoms with Crippen molar-refractivity contribution in [3.05, 3.63) is 29.0 Å². The van der Waals surface area contributed by atoms with Crippen LogP contribution in [0.1, 0.15) is 37.4 Å². The highest BCUT2D eigenvalue weighted by Gasteiger charge is 2.22. The number of aromatic nitrogens is 2. The minimum Gasteiger partial charge on any atom is -0.506 e. The van der Waals surface area contributed by atoms with Crippen molar-refractivity contribution < 1.29 is 9.63 Å². The van der Waals surface area contributed by atoms with E-state index in [1.54, 1.807) is 12.1 Å². The summed E-state index contributed by atoms with van der Waals surface area (Å²) < 4.78 is 5.26. The molecule has 1 aliphatic carbocycles. The van der Waals surface area contributed by atoms with E-state index in [1.165, 1.54) is 18.9 Å². The van der Waals surface area contributed by atoms with Gasteiger partial charge in [-0.05, 0) is 31.0 Å². The molecule has 2 aromatic rings. The minimum absolute atomic E-state index is 0.0518. The lowest BCUT2D eigenvalue weighted by Gasteiger charge is -2.00. The van der Waals surface area contributed by atoms with Gasteiger partial charge in [-0.1, -0.05) is 29.6 Å². The number of phenolic OH excluding ortho intramolecular Hbond substituents is 1. The Balaban J connectivity index is 1.89. The van der Waals surface area contributed by atoms with Crippen molar-refractivity contribution >= 4 is 11.6 Å². The van der Waals surface area contributed by atoms with Gasteiger partial charge in [0, 0.05) is 11.5 Å². The van der Waals surface area contributed by atoms with Crippen LogP contribution in [0.25, 0.3) is 11.5 Å². The Hall–Kier alpha value is -1.55. The molecule has 1 aromatic carbocycles. The monoisotopic (exact) mass is 264 g/mol. The molecule has 4 nitrogen and oxygen atoms in total. The molecule has 1 N–H and O–H groups in total. The number of hydrogen-bond donors (Lipinski definition) is 1. The van der Waals surface area contributed by atoms with E-state index in [-0.39, 0.29) is 10.8 Å². The fourth-order valence-electron chi connectivity index (χ4n) is 2.34. The largest absolute Gasteiger partial charge is 0.506 e. The summed E-state index contributed by atoms with van der Waals surface area (Å²) in [5, 5.41) is 13.7. The molecule has 0 atom stereocenters. The van der Waals surface area contributed by atoms with Crippen LogP contribution in [0.3, 0.4) is 0 Å². The van der Waals surface area contributed by atoms with Gasteiger partial charge in [-0.15, -0.1) is 0 Å². The Bertz CT molecular complexity index is 562. The number of phenols is 1. The molecule has 94 valence electrons. The standard InChI is InChI=1S/C13H13ClN2O2/c14-10-7-9(5-6-11(10)17)13-15-12(16-18-13)8-3-1-2-4-8/h5-8,17H,1-4H2. The molecule has 1 aliphatic rings. The maximum Gasteiger partial charge on any atom is 0.257 e. The maximum atomic E-state index is 9.37. The Morgan fingerprint density at radius 3 is 2.78 bits per heavy atom. The molecule has 0 bridgehead atoms. The summed E-state index contributed by atoms with van der Waals surface area (Å²) in [5.74, 6) is 1.72. The van der Waals surface area contributed by atoms with E-state index in [2.05, 4.69) is 10.1 Å². The molecular formula is C13H13ClN2O2. The third-order valence-electron chi connectivity index (χ3n) is 3.36. The second-order valence-corrected chi connectivity index (χ2v) is 5.01. The summed E-state index contributed by atoms with van der Waals surface area (Å²) in [6.45, 7) is 0. The van der Waals surface area contributed by atoms with Crippen molar-refractivity contribution in [1.82, 2.24) is 10.1 Å². The Morgan fingerprint density at radius 1 is 1.28 bits per heavy atom. The van der Waals surface area contributed by atoms with Crippen LogP contribution in [0.4, 0.5) is 0 Å². The van der Waals surface area contributed by atoms with Crippen LogP contribution in [0.2, 0.25) is 5.02 Å². The van der Waals surface area contributed by atoms with Crippen molar-refractivity contribution in [1.29, 1.82) is 0 Å². The number of hydrogen-bond acceptors (Lipinski definition) is 4. The molecule has 5 heteroatoms. The van der Waals surface area contributed by atoms with Gasteiger partial charge in [0.05, 0.1) is 5.02 Å². The molecule has 1 saturated carbocycles. The van der Waals surface area contributed by atoms with E-state index < -0.39 is 0 Å². The first-order valence-electron chi connectivity index (χ1n) is 6.06. The van der Waals surface area contributed by atoms with Crippen LogP contribution in [0, 0.1) is 0 Å². The first-order valence-corrected chi connectivity index (χ1v) is 6.44. The van der Waals surface area contributed by atoms with Crippen molar-refractivity contribution in [2.45, 2.75) is 31.6 Å². The molecule has 0 amide bonds. The lowest BCUT2D eigenvalue weighted by atomic mass is 10.1. The normalized spacial score (nSPS) is 16.3. The van der Waals surface area contributed by atoms with E-state index in [4.69, 9.17) is 16.1 Å². The van der Waals surface area contributed by atoms with Gasteiger partial charge >= 0.3 is 0 Å². The van der Waals surface area contributed by atoms with Crippen LogP contribution >= 0.6 is 11.6 Å². The average Bonchev–Trinajstić information content (AvgIpc) is 3.01. The van der Waals surface area contributed by atoms with Gasteiger partial charge in [-0.3, -0.25) is 0 Å². The maximum absolute atomic E-state index is 9.37. The smallest absolute Gasteiger partial charge is 0.257 e. The van der Waals surface area contributed by atoms with Crippen LogP contribution < -0.4 is 0 Å². The van der Waals surface area contributed by atoms with Crippen LogP contribution in [0.5, 0.6) is 5.75 Å². The molecule has 0 spiro atoms.